The maximum atomic E-state index is 11.7. The van der Waals surface area contributed by atoms with E-state index in [-0.39, 0.29) is 0 Å². The molecule has 1 heterocycles. The molecule has 0 spiro atoms. The Morgan fingerprint density at radius 2 is 1.82 bits per heavy atom. The second kappa shape index (κ2) is 4.27. The molecule has 2 rings (SSSR count). The number of H-pyrrole nitrogens is 1. The lowest BCUT2D eigenvalue weighted by Gasteiger charge is -2.01. The maximum absolute atomic E-state index is 11.7. The van der Waals surface area contributed by atoms with E-state index < -0.39 is 18.5 Å². The Hall–Kier alpha value is -1.14. The van der Waals surface area contributed by atoms with Crippen LogP contribution >= 0.6 is 23.5 Å². The molecule has 17 heavy (non-hydrogen) atoms. The molecular formula is C9H8BrN2O4P. The molecular weight excluding hydrogens is 311 g/mol. The van der Waals surface area contributed by atoms with Crippen molar-refractivity contribution in [3.8, 4) is 5.69 Å². The number of nitrogens with one attached hydrogen (secondary N) is 1. The summed E-state index contributed by atoms with van der Waals surface area (Å²) in [6.45, 7) is 0. The highest BCUT2D eigenvalue weighted by atomic mass is 79.9. The van der Waals surface area contributed by atoms with Crippen molar-refractivity contribution < 1.29 is 14.4 Å². The fourth-order valence-electron chi connectivity index (χ4n) is 1.35. The number of halogens is 1. The van der Waals surface area contributed by atoms with Crippen LogP contribution in [0.15, 0.2) is 39.7 Å². The van der Waals surface area contributed by atoms with Gasteiger partial charge in [-0.1, -0.05) is 15.9 Å². The average Bonchev–Trinajstić information content (AvgIpc) is 2.61. The SMILES string of the molecule is O=c1c(P(=O)(O)O)c[nH]n1-c1ccc(Br)cc1. The van der Waals surface area contributed by atoms with Gasteiger partial charge in [-0.15, -0.1) is 0 Å². The van der Waals surface area contributed by atoms with Gasteiger partial charge in [0, 0.05) is 10.7 Å². The molecule has 0 bridgehead atoms. The number of hydrogen-bond acceptors (Lipinski definition) is 2. The van der Waals surface area contributed by atoms with Gasteiger partial charge in [-0.2, -0.15) is 0 Å². The second-order valence-electron chi connectivity index (χ2n) is 3.32. The molecule has 0 atom stereocenters. The standard InChI is InChI=1S/C9H8BrN2O4P/c10-6-1-3-7(4-2-6)12-9(13)8(5-11-12)17(14,15)16/h1-5,11H,(H2,14,15,16). The summed E-state index contributed by atoms with van der Waals surface area (Å²) in [6.07, 6.45) is 1.02. The molecule has 1 aromatic heterocycles. The molecule has 6 nitrogen and oxygen atoms in total. The fourth-order valence-corrected chi connectivity index (χ4v) is 2.19. The van der Waals surface area contributed by atoms with Gasteiger partial charge in [0.2, 0.25) is 0 Å². The number of nitrogens with zero attached hydrogens (tertiary/aromatic N) is 1. The number of hydrogen-bond donors (Lipinski definition) is 3. The minimum absolute atomic E-state index is 0.498. The molecule has 0 radical (unpaired) electrons. The van der Waals surface area contributed by atoms with Crippen molar-refractivity contribution in [2.45, 2.75) is 0 Å². The van der Waals surface area contributed by atoms with Crippen LogP contribution in [0.1, 0.15) is 0 Å². The molecule has 1 aromatic carbocycles. The van der Waals surface area contributed by atoms with E-state index >= 15 is 0 Å². The molecule has 8 heteroatoms. The third-order valence-corrected chi connectivity index (χ3v) is 3.63. The lowest BCUT2D eigenvalue weighted by atomic mass is 10.3. The summed E-state index contributed by atoms with van der Waals surface area (Å²) in [5.74, 6) is 0. The van der Waals surface area contributed by atoms with Crippen molar-refractivity contribution in [2.75, 3.05) is 0 Å². The van der Waals surface area contributed by atoms with E-state index in [1.165, 1.54) is 0 Å². The van der Waals surface area contributed by atoms with Gasteiger partial charge in [0.25, 0.3) is 5.56 Å². The first-order valence-corrected chi connectivity index (χ1v) is 6.92. The molecule has 3 N–H and O–H groups in total. The minimum Gasteiger partial charge on any atom is -0.321 e. The predicted octanol–water partition coefficient (Wildman–Crippen LogP) is 0.731. The molecule has 90 valence electrons. The summed E-state index contributed by atoms with van der Waals surface area (Å²) in [4.78, 5) is 29.6. The Bertz CT molecular complexity index is 640. The average molecular weight is 319 g/mol. The first-order valence-electron chi connectivity index (χ1n) is 4.52. The smallest absolute Gasteiger partial charge is 0.321 e. The third kappa shape index (κ3) is 2.42. The largest absolute Gasteiger partial charge is 0.363 e. The van der Waals surface area contributed by atoms with Gasteiger partial charge in [-0.3, -0.25) is 14.5 Å². The van der Waals surface area contributed by atoms with Gasteiger partial charge in [-0.05, 0) is 24.3 Å². The van der Waals surface area contributed by atoms with Crippen LogP contribution in [0.4, 0.5) is 0 Å². The van der Waals surface area contributed by atoms with Gasteiger partial charge in [0.1, 0.15) is 5.30 Å². The van der Waals surface area contributed by atoms with Crippen LogP contribution in [-0.2, 0) is 4.57 Å². The van der Waals surface area contributed by atoms with Crippen LogP contribution < -0.4 is 10.9 Å². The Morgan fingerprint density at radius 1 is 1.24 bits per heavy atom. The number of aromatic amines is 1. The quantitative estimate of drug-likeness (QED) is 0.711. The van der Waals surface area contributed by atoms with Crippen molar-refractivity contribution in [3.63, 3.8) is 0 Å². The first-order chi connectivity index (χ1) is 7.89. The van der Waals surface area contributed by atoms with E-state index in [1.54, 1.807) is 24.3 Å². The first kappa shape index (κ1) is 12.3. The van der Waals surface area contributed by atoms with Crippen LogP contribution in [0.25, 0.3) is 5.69 Å². The summed E-state index contributed by atoms with van der Waals surface area (Å²) in [6, 6.07) is 6.73. The van der Waals surface area contributed by atoms with Gasteiger partial charge in [-0.25, -0.2) is 4.68 Å². The van der Waals surface area contributed by atoms with Crippen molar-refractivity contribution >= 4 is 28.8 Å². The van der Waals surface area contributed by atoms with E-state index in [1.807, 2.05) is 0 Å². The van der Waals surface area contributed by atoms with Crippen molar-refractivity contribution in [3.05, 3.63) is 45.3 Å². The van der Waals surface area contributed by atoms with Gasteiger partial charge < -0.3 is 9.79 Å². The zero-order chi connectivity index (χ0) is 12.6. The van der Waals surface area contributed by atoms with Crippen LogP contribution in [0.2, 0.25) is 0 Å². The summed E-state index contributed by atoms with van der Waals surface area (Å²) in [7, 11) is -4.54. The Labute approximate surface area is 104 Å². The highest BCUT2D eigenvalue weighted by Gasteiger charge is 2.24. The van der Waals surface area contributed by atoms with E-state index in [0.717, 1.165) is 15.4 Å². The molecule has 0 saturated carbocycles. The summed E-state index contributed by atoms with van der Waals surface area (Å²) >= 11 is 3.25. The van der Waals surface area contributed by atoms with Crippen LogP contribution in [0.3, 0.4) is 0 Å². The molecule has 0 unspecified atom stereocenters. The fraction of sp³-hybridized carbons (Fsp3) is 0. The van der Waals surface area contributed by atoms with E-state index in [2.05, 4.69) is 21.0 Å². The molecule has 0 saturated heterocycles. The zero-order valence-electron chi connectivity index (χ0n) is 8.37. The summed E-state index contributed by atoms with van der Waals surface area (Å²) < 4.78 is 12.9. The number of rotatable bonds is 2. The predicted molar refractivity (Wildman–Crippen MR) is 65.8 cm³/mol. The lowest BCUT2D eigenvalue weighted by Crippen LogP contribution is -2.27. The molecule has 2 aromatic rings. The maximum Gasteiger partial charge on any atom is 0.363 e. The highest BCUT2D eigenvalue weighted by molar-refractivity contribution is 9.10. The molecule has 0 amide bonds. The summed E-state index contributed by atoms with van der Waals surface area (Å²) in [5, 5.41) is 1.97. The van der Waals surface area contributed by atoms with Crippen LogP contribution in [0, 0.1) is 0 Å². The van der Waals surface area contributed by atoms with Crippen molar-refractivity contribution in [2.24, 2.45) is 0 Å². The number of aromatic nitrogens is 2. The monoisotopic (exact) mass is 318 g/mol. The Balaban J connectivity index is 2.56. The Morgan fingerprint density at radius 3 is 2.29 bits per heavy atom. The zero-order valence-corrected chi connectivity index (χ0v) is 10.9. The molecule has 0 aliphatic heterocycles. The number of benzene rings is 1. The third-order valence-electron chi connectivity index (χ3n) is 2.15. The van der Waals surface area contributed by atoms with Crippen LogP contribution in [0.5, 0.6) is 0 Å². The van der Waals surface area contributed by atoms with Gasteiger partial charge >= 0.3 is 7.60 Å². The van der Waals surface area contributed by atoms with Crippen LogP contribution in [-0.4, -0.2) is 19.6 Å². The van der Waals surface area contributed by atoms with E-state index in [0.29, 0.717) is 5.69 Å². The van der Waals surface area contributed by atoms with Crippen molar-refractivity contribution in [1.29, 1.82) is 0 Å². The van der Waals surface area contributed by atoms with E-state index in [4.69, 9.17) is 9.79 Å². The second-order valence-corrected chi connectivity index (χ2v) is 5.81. The van der Waals surface area contributed by atoms with E-state index in [9.17, 15) is 9.36 Å². The van der Waals surface area contributed by atoms with Gasteiger partial charge in [0.05, 0.1) is 5.69 Å². The molecule has 0 aliphatic carbocycles. The van der Waals surface area contributed by atoms with Gasteiger partial charge in [0.15, 0.2) is 0 Å². The lowest BCUT2D eigenvalue weighted by molar-refractivity contribution is 0.387. The summed E-state index contributed by atoms with van der Waals surface area (Å²) in [5.41, 5.74) is -0.251. The normalized spacial score (nSPS) is 11.7. The molecule has 0 aliphatic rings. The topological polar surface area (TPSA) is 95.3 Å². The van der Waals surface area contributed by atoms with Crippen molar-refractivity contribution in [1.82, 2.24) is 9.78 Å². The highest BCUT2D eigenvalue weighted by Crippen LogP contribution is 2.31. The molecule has 0 fully saturated rings. The minimum atomic E-state index is -4.54. The Kier molecular flexibility index (Phi) is 3.09.